The first-order valence-corrected chi connectivity index (χ1v) is 7.92. The number of hydrogen-bond acceptors (Lipinski definition) is 2. The average Bonchev–Trinajstić information content (AvgIpc) is 2.76. The van der Waals surface area contributed by atoms with E-state index >= 15 is 0 Å². The molecule has 0 spiro atoms. The summed E-state index contributed by atoms with van der Waals surface area (Å²) in [7, 11) is 0. The Bertz CT molecular complexity index is 434. The van der Waals surface area contributed by atoms with Crippen LogP contribution in [0.2, 0.25) is 0 Å². The quantitative estimate of drug-likeness (QED) is 0.782. The van der Waals surface area contributed by atoms with E-state index in [-0.39, 0.29) is 12.4 Å². The van der Waals surface area contributed by atoms with Crippen LogP contribution in [0, 0.1) is 0 Å². The SMILES string of the molecule is CC(C)OC1CC2CCCC[N+]2(Cc2ccccc2)O1. The highest BCUT2D eigenvalue weighted by molar-refractivity contribution is 5.13. The van der Waals surface area contributed by atoms with Gasteiger partial charge in [0.2, 0.25) is 6.29 Å². The molecular formula is C17H26NO2+. The maximum Gasteiger partial charge on any atom is 0.221 e. The first kappa shape index (κ1) is 14.1. The number of hydrogen-bond donors (Lipinski definition) is 0. The Balaban J connectivity index is 1.76. The molecule has 3 heteroatoms. The molecule has 0 aromatic heterocycles. The van der Waals surface area contributed by atoms with E-state index in [1.165, 1.54) is 24.8 Å². The van der Waals surface area contributed by atoms with E-state index in [0.717, 1.165) is 24.2 Å². The minimum absolute atomic E-state index is 0.0261. The van der Waals surface area contributed by atoms with Crippen molar-refractivity contribution in [1.82, 2.24) is 0 Å². The largest absolute Gasteiger partial charge is 0.345 e. The molecule has 0 aliphatic carbocycles. The molecule has 3 atom stereocenters. The van der Waals surface area contributed by atoms with Crippen molar-refractivity contribution < 1.29 is 14.2 Å². The lowest BCUT2D eigenvalue weighted by Crippen LogP contribution is -2.52. The highest BCUT2D eigenvalue weighted by atomic mass is 16.8. The Hall–Kier alpha value is -0.900. The van der Waals surface area contributed by atoms with Gasteiger partial charge in [0.1, 0.15) is 19.1 Å². The van der Waals surface area contributed by atoms with Gasteiger partial charge >= 0.3 is 0 Å². The number of ether oxygens (including phenoxy) is 1. The zero-order chi connectivity index (χ0) is 14.0. The van der Waals surface area contributed by atoms with Gasteiger partial charge in [-0.1, -0.05) is 30.3 Å². The van der Waals surface area contributed by atoms with Crippen molar-refractivity contribution in [1.29, 1.82) is 0 Å². The Morgan fingerprint density at radius 2 is 2.05 bits per heavy atom. The van der Waals surface area contributed by atoms with Crippen molar-refractivity contribution in [2.24, 2.45) is 0 Å². The third-order valence-corrected chi connectivity index (χ3v) is 4.50. The summed E-state index contributed by atoms with van der Waals surface area (Å²) in [6, 6.07) is 11.3. The van der Waals surface area contributed by atoms with Crippen LogP contribution < -0.4 is 0 Å². The van der Waals surface area contributed by atoms with E-state index in [4.69, 9.17) is 9.57 Å². The summed E-state index contributed by atoms with van der Waals surface area (Å²) in [5.41, 5.74) is 1.37. The van der Waals surface area contributed by atoms with E-state index in [1.54, 1.807) is 0 Å². The van der Waals surface area contributed by atoms with E-state index in [0.29, 0.717) is 6.04 Å². The lowest BCUT2D eigenvalue weighted by molar-refractivity contribution is -1.13. The number of piperidine rings is 1. The monoisotopic (exact) mass is 276 g/mol. The van der Waals surface area contributed by atoms with Gasteiger partial charge < -0.3 is 4.74 Å². The number of benzene rings is 1. The zero-order valence-corrected chi connectivity index (χ0v) is 12.6. The Labute approximate surface area is 122 Å². The van der Waals surface area contributed by atoms with Gasteiger partial charge in [-0.15, -0.1) is 0 Å². The van der Waals surface area contributed by atoms with Crippen molar-refractivity contribution in [2.45, 2.75) is 64.5 Å². The summed E-state index contributed by atoms with van der Waals surface area (Å²) in [5.74, 6) is 0. The highest BCUT2D eigenvalue weighted by Crippen LogP contribution is 2.39. The lowest BCUT2D eigenvalue weighted by Gasteiger charge is -2.39. The molecule has 0 N–H and O–H groups in total. The number of rotatable bonds is 4. The maximum absolute atomic E-state index is 6.38. The predicted molar refractivity (Wildman–Crippen MR) is 78.6 cm³/mol. The molecule has 2 fully saturated rings. The molecule has 0 amide bonds. The van der Waals surface area contributed by atoms with Crippen LogP contribution in [0.25, 0.3) is 0 Å². The van der Waals surface area contributed by atoms with E-state index in [9.17, 15) is 0 Å². The molecule has 1 aromatic rings. The minimum Gasteiger partial charge on any atom is -0.345 e. The molecule has 0 saturated carbocycles. The molecule has 3 rings (SSSR count). The van der Waals surface area contributed by atoms with E-state index in [2.05, 4.69) is 44.2 Å². The molecule has 2 aliphatic heterocycles. The van der Waals surface area contributed by atoms with Crippen LogP contribution in [-0.2, 0) is 16.1 Å². The van der Waals surface area contributed by atoms with Gasteiger partial charge in [-0.05, 0) is 26.7 Å². The topological polar surface area (TPSA) is 18.5 Å². The molecule has 0 radical (unpaired) electrons. The molecule has 2 heterocycles. The first-order valence-electron chi connectivity index (χ1n) is 7.92. The van der Waals surface area contributed by atoms with Gasteiger partial charge in [0.05, 0.1) is 12.5 Å². The molecular weight excluding hydrogens is 250 g/mol. The van der Waals surface area contributed by atoms with Crippen LogP contribution in [0.1, 0.15) is 45.1 Å². The van der Waals surface area contributed by atoms with Crippen LogP contribution in [0.15, 0.2) is 30.3 Å². The molecule has 110 valence electrons. The van der Waals surface area contributed by atoms with Crippen molar-refractivity contribution >= 4 is 0 Å². The van der Waals surface area contributed by atoms with Crippen molar-refractivity contribution in [2.75, 3.05) is 6.54 Å². The van der Waals surface area contributed by atoms with E-state index in [1.807, 2.05) is 0 Å². The van der Waals surface area contributed by atoms with Gasteiger partial charge in [0.25, 0.3) is 0 Å². The van der Waals surface area contributed by atoms with Gasteiger partial charge in [-0.2, -0.15) is 9.48 Å². The number of nitrogens with zero attached hydrogens (tertiary/aromatic N) is 1. The molecule has 2 aliphatic rings. The lowest BCUT2D eigenvalue weighted by atomic mass is 9.98. The molecule has 3 unspecified atom stereocenters. The summed E-state index contributed by atoms with van der Waals surface area (Å²) in [4.78, 5) is 6.38. The second-order valence-electron chi connectivity index (χ2n) is 6.42. The Morgan fingerprint density at radius 1 is 1.25 bits per heavy atom. The summed E-state index contributed by atoms with van der Waals surface area (Å²) in [5, 5.41) is 0. The second kappa shape index (κ2) is 5.84. The van der Waals surface area contributed by atoms with E-state index < -0.39 is 0 Å². The highest BCUT2D eigenvalue weighted by Gasteiger charge is 2.51. The minimum atomic E-state index is -0.0261. The fraction of sp³-hybridized carbons (Fsp3) is 0.647. The Morgan fingerprint density at radius 3 is 2.80 bits per heavy atom. The summed E-state index contributed by atoms with van der Waals surface area (Å²) < 4.78 is 6.71. The standard InChI is InChI=1S/C17H26NO2/c1-14(2)19-17-12-16-10-6-7-11-18(16,20-17)13-15-8-4-3-5-9-15/h3-5,8-9,14,16-17H,6-7,10-13H2,1-2H3/q+1. The molecule has 0 bridgehead atoms. The number of fused-ring (bicyclic) bond motifs is 1. The second-order valence-corrected chi connectivity index (χ2v) is 6.42. The molecule has 2 saturated heterocycles. The molecule has 1 aromatic carbocycles. The molecule has 3 nitrogen and oxygen atoms in total. The summed E-state index contributed by atoms with van der Waals surface area (Å²) >= 11 is 0. The summed E-state index contributed by atoms with van der Waals surface area (Å²) in [6.07, 6.45) is 5.12. The van der Waals surface area contributed by atoms with Crippen LogP contribution in [-0.4, -0.2) is 29.6 Å². The van der Waals surface area contributed by atoms with Crippen LogP contribution in [0.4, 0.5) is 0 Å². The van der Waals surface area contributed by atoms with Crippen LogP contribution >= 0.6 is 0 Å². The Kier molecular flexibility index (Phi) is 4.11. The summed E-state index contributed by atoms with van der Waals surface area (Å²) in [6.45, 7) is 6.27. The van der Waals surface area contributed by atoms with Crippen molar-refractivity contribution in [3.05, 3.63) is 35.9 Å². The van der Waals surface area contributed by atoms with Crippen LogP contribution in [0.3, 0.4) is 0 Å². The normalized spacial score (nSPS) is 33.4. The van der Waals surface area contributed by atoms with Gasteiger partial charge in [0, 0.05) is 12.0 Å². The zero-order valence-electron chi connectivity index (χ0n) is 12.6. The third-order valence-electron chi connectivity index (χ3n) is 4.50. The van der Waals surface area contributed by atoms with Gasteiger partial charge in [-0.25, -0.2) is 0 Å². The number of hydroxylamine groups is 3. The van der Waals surface area contributed by atoms with Crippen molar-refractivity contribution in [3.8, 4) is 0 Å². The predicted octanol–water partition coefficient (Wildman–Crippen LogP) is 3.64. The smallest absolute Gasteiger partial charge is 0.221 e. The van der Waals surface area contributed by atoms with Crippen molar-refractivity contribution in [3.63, 3.8) is 0 Å². The molecule has 20 heavy (non-hydrogen) atoms. The fourth-order valence-electron chi connectivity index (χ4n) is 3.65. The first-order chi connectivity index (χ1) is 9.68. The number of quaternary nitrogens is 1. The third kappa shape index (κ3) is 2.90. The average molecular weight is 276 g/mol. The fourth-order valence-corrected chi connectivity index (χ4v) is 3.65. The van der Waals surface area contributed by atoms with Gasteiger partial charge in [0.15, 0.2) is 0 Å². The van der Waals surface area contributed by atoms with Gasteiger partial charge in [-0.3, -0.25) is 0 Å². The van der Waals surface area contributed by atoms with Crippen LogP contribution in [0.5, 0.6) is 0 Å². The maximum atomic E-state index is 6.38.